The predicted molar refractivity (Wildman–Crippen MR) is 71.0 cm³/mol. The lowest BCUT2D eigenvalue weighted by atomic mass is 10.1. The highest BCUT2D eigenvalue weighted by atomic mass is 16.5. The zero-order chi connectivity index (χ0) is 14.8. The molecule has 0 aliphatic carbocycles. The summed E-state index contributed by atoms with van der Waals surface area (Å²) in [7, 11) is 0. The van der Waals surface area contributed by atoms with Gasteiger partial charge in [-0.25, -0.2) is 0 Å². The van der Waals surface area contributed by atoms with Crippen LogP contribution >= 0.6 is 0 Å². The van der Waals surface area contributed by atoms with Crippen molar-refractivity contribution in [1.29, 1.82) is 0 Å². The van der Waals surface area contributed by atoms with Gasteiger partial charge in [-0.1, -0.05) is 11.6 Å². The maximum Gasteiger partial charge on any atom is 0.306 e. The van der Waals surface area contributed by atoms with E-state index in [2.05, 4.69) is 5.32 Å². The van der Waals surface area contributed by atoms with Crippen LogP contribution in [0.5, 0.6) is 0 Å². The van der Waals surface area contributed by atoms with Crippen molar-refractivity contribution in [1.82, 2.24) is 5.32 Å². The van der Waals surface area contributed by atoms with Crippen LogP contribution in [0.2, 0.25) is 0 Å². The minimum absolute atomic E-state index is 0.00615. The summed E-state index contributed by atoms with van der Waals surface area (Å²) in [6, 6.07) is -0.746. The molecule has 0 saturated carbocycles. The van der Waals surface area contributed by atoms with Crippen molar-refractivity contribution in [3.63, 3.8) is 0 Å². The second kappa shape index (κ2) is 9.13. The van der Waals surface area contributed by atoms with Crippen LogP contribution in [0.25, 0.3) is 0 Å². The number of rotatable bonds is 8. The van der Waals surface area contributed by atoms with Gasteiger partial charge in [-0.05, 0) is 27.2 Å². The molecule has 2 amide bonds. The van der Waals surface area contributed by atoms with Crippen molar-refractivity contribution >= 4 is 17.8 Å². The van der Waals surface area contributed by atoms with Gasteiger partial charge in [0.05, 0.1) is 13.0 Å². The molecule has 0 rings (SSSR count). The number of hydrogen-bond donors (Lipinski definition) is 2. The summed E-state index contributed by atoms with van der Waals surface area (Å²) in [6.45, 7) is 5.76. The average molecular weight is 270 g/mol. The topological polar surface area (TPSA) is 98.5 Å². The molecule has 0 heterocycles. The first-order valence-electron chi connectivity index (χ1n) is 6.24. The average Bonchev–Trinajstić information content (AvgIpc) is 2.31. The maximum absolute atomic E-state index is 11.6. The summed E-state index contributed by atoms with van der Waals surface area (Å²) in [5, 5.41) is 2.50. The summed E-state index contributed by atoms with van der Waals surface area (Å²) in [4.78, 5) is 33.8. The molecule has 0 fully saturated rings. The van der Waals surface area contributed by atoms with Crippen LogP contribution in [0, 0.1) is 0 Å². The van der Waals surface area contributed by atoms with Crippen LogP contribution < -0.4 is 11.1 Å². The Balaban J connectivity index is 4.21. The molecular formula is C13H22N2O4. The predicted octanol–water partition coefficient (Wildman–Crippen LogP) is 0.656. The molecule has 0 radical (unpaired) electrons. The molecule has 0 bridgehead atoms. The Hall–Kier alpha value is -1.85. The number of carbonyl (C=O) groups is 3. The third kappa shape index (κ3) is 8.82. The Bertz CT molecular complexity index is 360. The number of esters is 1. The lowest BCUT2D eigenvalue weighted by Crippen LogP contribution is -2.44. The Morgan fingerprint density at radius 2 is 1.89 bits per heavy atom. The third-order valence-corrected chi connectivity index (χ3v) is 2.30. The molecule has 0 unspecified atom stereocenters. The quantitative estimate of drug-likeness (QED) is 0.500. The summed E-state index contributed by atoms with van der Waals surface area (Å²) in [6.07, 6.45) is 2.15. The van der Waals surface area contributed by atoms with E-state index in [1.54, 1.807) is 6.92 Å². The van der Waals surface area contributed by atoms with Crippen molar-refractivity contribution in [3.8, 4) is 0 Å². The molecule has 3 N–H and O–H groups in total. The van der Waals surface area contributed by atoms with E-state index in [0.717, 1.165) is 5.57 Å². The molecule has 0 spiro atoms. The summed E-state index contributed by atoms with van der Waals surface area (Å²) in [5.41, 5.74) is 6.23. The molecule has 19 heavy (non-hydrogen) atoms. The van der Waals surface area contributed by atoms with Crippen molar-refractivity contribution in [2.45, 2.75) is 46.1 Å². The molecule has 0 aromatic rings. The van der Waals surface area contributed by atoms with E-state index in [0.29, 0.717) is 6.42 Å². The zero-order valence-corrected chi connectivity index (χ0v) is 11.7. The fourth-order valence-electron chi connectivity index (χ4n) is 1.32. The van der Waals surface area contributed by atoms with Crippen LogP contribution in [0.1, 0.15) is 40.0 Å². The number of amides is 2. The Kier molecular flexibility index (Phi) is 8.24. The smallest absolute Gasteiger partial charge is 0.306 e. The second-order valence-electron chi connectivity index (χ2n) is 4.34. The first-order chi connectivity index (χ1) is 8.86. The van der Waals surface area contributed by atoms with Gasteiger partial charge in [-0.2, -0.15) is 0 Å². The van der Waals surface area contributed by atoms with E-state index < -0.39 is 17.9 Å². The van der Waals surface area contributed by atoms with Crippen LogP contribution in [0.3, 0.4) is 0 Å². The number of allylic oxidation sites excluding steroid dienone is 1. The highest BCUT2D eigenvalue weighted by Crippen LogP contribution is 2.00. The summed E-state index contributed by atoms with van der Waals surface area (Å²) >= 11 is 0. The van der Waals surface area contributed by atoms with Crippen molar-refractivity contribution in [2.24, 2.45) is 5.73 Å². The van der Waals surface area contributed by atoms with E-state index in [-0.39, 0.29) is 25.4 Å². The Morgan fingerprint density at radius 3 is 2.37 bits per heavy atom. The lowest BCUT2D eigenvalue weighted by molar-refractivity contribution is -0.144. The van der Waals surface area contributed by atoms with E-state index in [4.69, 9.17) is 10.5 Å². The molecular weight excluding hydrogens is 248 g/mol. The Labute approximate surface area is 113 Å². The molecule has 108 valence electrons. The fourth-order valence-corrected chi connectivity index (χ4v) is 1.32. The van der Waals surface area contributed by atoms with Gasteiger partial charge < -0.3 is 15.8 Å². The van der Waals surface area contributed by atoms with Gasteiger partial charge in [0.15, 0.2) is 0 Å². The van der Waals surface area contributed by atoms with Gasteiger partial charge in [0.2, 0.25) is 11.8 Å². The molecule has 0 aliphatic heterocycles. The minimum Gasteiger partial charge on any atom is -0.466 e. The first kappa shape index (κ1) is 17.2. The van der Waals surface area contributed by atoms with Gasteiger partial charge in [-0.15, -0.1) is 0 Å². The molecule has 0 aromatic carbocycles. The second-order valence-corrected chi connectivity index (χ2v) is 4.34. The molecule has 0 aliphatic rings. The maximum atomic E-state index is 11.6. The molecule has 6 heteroatoms. The van der Waals surface area contributed by atoms with Crippen LogP contribution in [-0.2, 0) is 19.1 Å². The van der Waals surface area contributed by atoms with E-state index in [1.165, 1.54) is 0 Å². The SMILES string of the molecule is CCOC(=O)CCC(=O)N[C@H](CC=C(C)C)C(N)=O. The normalized spacial score (nSPS) is 11.3. The fraction of sp³-hybridized carbons (Fsp3) is 0.615. The van der Waals surface area contributed by atoms with E-state index in [9.17, 15) is 14.4 Å². The number of ether oxygens (including phenoxy) is 1. The third-order valence-electron chi connectivity index (χ3n) is 2.30. The summed E-state index contributed by atoms with van der Waals surface area (Å²) < 4.78 is 4.70. The van der Waals surface area contributed by atoms with Crippen LogP contribution in [0.15, 0.2) is 11.6 Å². The van der Waals surface area contributed by atoms with Gasteiger partial charge in [0.25, 0.3) is 0 Å². The number of hydrogen-bond acceptors (Lipinski definition) is 4. The molecule has 0 aromatic heterocycles. The van der Waals surface area contributed by atoms with Gasteiger partial charge in [0, 0.05) is 6.42 Å². The van der Waals surface area contributed by atoms with Crippen molar-refractivity contribution in [2.75, 3.05) is 6.61 Å². The van der Waals surface area contributed by atoms with Crippen molar-refractivity contribution in [3.05, 3.63) is 11.6 Å². The minimum atomic E-state index is -0.746. The van der Waals surface area contributed by atoms with Crippen LogP contribution in [-0.4, -0.2) is 30.4 Å². The van der Waals surface area contributed by atoms with Gasteiger partial charge >= 0.3 is 5.97 Å². The number of primary amides is 1. The highest BCUT2D eigenvalue weighted by Gasteiger charge is 2.17. The molecule has 1 atom stereocenters. The highest BCUT2D eigenvalue weighted by molar-refractivity contribution is 5.88. The van der Waals surface area contributed by atoms with E-state index >= 15 is 0 Å². The Morgan fingerprint density at radius 1 is 1.26 bits per heavy atom. The largest absolute Gasteiger partial charge is 0.466 e. The zero-order valence-electron chi connectivity index (χ0n) is 11.7. The van der Waals surface area contributed by atoms with Crippen molar-refractivity contribution < 1.29 is 19.1 Å². The molecule has 0 saturated heterocycles. The van der Waals surface area contributed by atoms with Gasteiger partial charge in [0.1, 0.15) is 6.04 Å². The summed E-state index contributed by atoms with van der Waals surface area (Å²) in [5.74, 6) is -1.42. The molecule has 6 nitrogen and oxygen atoms in total. The number of carbonyl (C=O) groups excluding carboxylic acids is 3. The van der Waals surface area contributed by atoms with Gasteiger partial charge in [-0.3, -0.25) is 14.4 Å². The first-order valence-corrected chi connectivity index (χ1v) is 6.24. The number of nitrogens with one attached hydrogen (secondary N) is 1. The monoisotopic (exact) mass is 270 g/mol. The number of nitrogens with two attached hydrogens (primary N) is 1. The van der Waals surface area contributed by atoms with E-state index in [1.807, 2.05) is 19.9 Å². The standard InChI is InChI=1S/C13H22N2O4/c1-4-19-12(17)8-7-11(16)15-10(13(14)18)6-5-9(2)3/h5,10H,4,6-8H2,1-3H3,(H2,14,18)(H,15,16)/t10-/m1/s1. The van der Waals surface area contributed by atoms with Crippen LogP contribution in [0.4, 0.5) is 0 Å². The lowest BCUT2D eigenvalue weighted by Gasteiger charge is -2.13.